The predicted octanol–water partition coefficient (Wildman–Crippen LogP) is 3.99. The highest BCUT2D eigenvalue weighted by molar-refractivity contribution is 6.17. The maximum absolute atomic E-state index is 12.2. The van der Waals surface area contributed by atoms with Crippen molar-refractivity contribution in [2.75, 3.05) is 12.4 Å². The van der Waals surface area contributed by atoms with Crippen LogP contribution in [-0.2, 0) is 5.88 Å². The molecule has 0 atom stereocenters. The van der Waals surface area contributed by atoms with Gasteiger partial charge >= 0.3 is 0 Å². The number of benzene rings is 2. The summed E-state index contributed by atoms with van der Waals surface area (Å²) in [5.41, 5.74) is 3.23. The van der Waals surface area contributed by atoms with Gasteiger partial charge in [-0.2, -0.15) is 0 Å². The number of carbonyl (C=O) groups is 1. The van der Waals surface area contributed by atoms with E-state index in [1.165, 1.54) is 0 Å². The number of hydrogen-bond donors (Lipinski definition) is 1. The number of amides is 1. The second kappa shape index (κ2) is 6.44. The van der Waals surface area contributed by atoms with Crippen molar-refractivity contribution in [2.24, 2.45) is 0 Å². The molecule has 0 aliphatic rings. The van der Waals surface area contributed by atoms with E-state index in [0.29, 0.717) is 11.4 Å². The van der Waals surface area contributed by atoms with Crippen LogP contribution in [0.1, 0.15) is 21.5 Å². The van der Waals surface area contributed by atoms with E-state index in [2.05, 4.69) is 5.32 Å². The fourth-order valence-corrected chi connectivity index (χ4v) is 2.12. The molecule has 1 N–H and O–H groups in total. The Morgan fingerprint density at radius 2 is 2.05 bits per heavy atom. The third kappa shape index (κ3) is 3.31. The Labute approximate surface area is 123 Å². The first-order valence-electron chi connectivity index (χ1n) is 6.25. The zero-order valence-electron chi connectivity index (χ0n) is 11.4. The summed E-state index contributed by atoms with van der Waals surface area (Å²) in [5, 5.41) is 2.86. The van der Waals surface area contributed by atoms with E-state index in [9.17, 15) is 4.79 Å². The van der Waals surface area contributed by atoms with Crippen LogP contribution in [0.3, 0.4) is 0 Å². The number of halogens is 1. The van der Waals surface area contributed by atoms with E-state index in [-0.39, 0.29) is 5.91 Å². The van der Waals surface area contributed by atoms with Crippen molar-refractivity contribution in [3.8, 4) is 5.75 Å². The van der Waals surface area contributed by atoms with Gasteiger partial charge in [-0.05, 0) is 48.4 Å². The highest BCUT2D eigenvalue weighted by atomic mass is 35.5. The normalized spacial score (nSPS) is 10.2. The summed E-state index contributed by atoms with van der Waals surface area (Å²) >= 11 is 5.77. The summed E-state index contributed by atoms with van der Waals surface area (Å²) in [6, 6.07) is 12.8. The summed E-state index contributed by atoms with van der Waals surface area (Å²) in [7, 11) is 1.62. The maximum atomic E-state index is 12.2. The molecule has 2 aromatic carbocycles. The van der Waals surface area contributed by atoms with E-state index in [0.717, 1.165) is 22.6 Å². The van der Waals surface area contributed by atoms with Gasteiger partial charge in [-0.1, -0.05) is 12.1 Å². The fraction of sp³-hybridized carbons (Fsp3) is 0.188. The standard InChI is InChI=1S/C16H16ClNO2/c1-11-8-14(6-7-15(11)20-2)18-16(19)13-5-3-4-12(9-13)10-17/h3-9H,10H2,1-2H3,(H,18,19). The smallest absolute Gasteiger partial charge is 0.255 e. The average Bonchev–Trinajstić information content (AvgIpc) is 2.47. The molecule has 0 aliphatic heterocycles. The second-order valence-corrected chi connectivity index (χ2v) is 4.74. The Hall–Kier alpha value is -2.00. The van der Waals surface area contributed by atoms with Crippen LogP contribution in [0.5, 0.6) is 5.75 Å². The number of carbonyl (C=O) groups excluding carboxylic acids is 1. The monoisotopic (exact) mass is 289 g/mol. The molecule has 0 aromatic heterocycles. The minimum atomic E-state index is -0.151. The third-order valence-electron chi connectivity index (χ3n) is 3.00. The van der Waals surface area contributed by atoms with Gasteiger partial charge in [-0.15, -0.1) is 11.6 Å². The van der Waals surface area contributed by atoms with Crippen molar-refractivity contribution < 1.29 is 9.53 Å². The lowest BCUT2D eigenvalue weighted by Gasteiger charge is -2.09. The van der Waals surface area contributed by atoms with Crippen LogP contribution in [-0.4, -0.2) is 13.0 Å². The first kappa shape index (κ1) is 14.4. The number of methoxy groups -OCH3 is 1. The molecule has 2 rings (SSSR count). The van der Waals surface area contributed by atoms with E-state index < -0.39 is 0 Å². The molecule has 0 aliphatic carbocycles. The summed E-state index contributed by atoms with van der Waals surface area (Å²) in [6.45, 7) is 1.93. The molecule has 0 spiro atoms. The van der Waals surface area contributed by atoms with Crippen LogP contribution < -0.4 is 10.1 Å². The SMILES string of the molecule is COc1ccc(NC(=O)c2cccc(CCl)c2)cc1C. The number of hydrogen-bond acceptors (Lipinski definition) is 2. The summed E-state index contributed by atoms with van der Waals surface area (Å²) in [6.07, 6.45) is 0. The Balaban J connectivity index is 2.16. The van der Waals surface area contributed by atoms with Crippen LogP contribution in [0.2, 0.25) is 0 Å². The van der Waals surface area contributed by atoms with E-state index in [1.54, 1.807) is 19.2 Å². The number of rotatable bonds is 4. The Morgan fingerprint density at radius 3 is 2.70 bits per heavy atom. The molecule has 0 heterocycles. The molecule has 4 heteroatoms. The number of aryl methyl sites for hydroxylation is 1. The molecule has 0 saturated heterocycles. The zero-order chi connectivity index (χ0) is 14.5. The third-order valence-corrected chi connectivity index (χ3v) is 3.30. The molecule has 3 nitrogen and oxygen atoms in total. The van der Waals surface area contributed by atoms with Crippen molar-refractivity contribution in [1.29, 1.82) is 0 Å². The molecular formula is C16H16ClNO2. The molecule has 2 aromatic rings. The topological polar surface area (TPSA) is 38.3 Å². The molecular weight excluding hydrogens is 274 g/mol. The number of nitrogens with one attached hydrogen (secondary N) is 1. The van der Waals surface area contributed by atoms with Crippen LogP contribution in [0.4, 0.5) is 5.69 Å². The lowest BCUT2D eigenvalue weighted by molar-refractivity contribution is 0.102. The van der Waals surface area contributed by atoms with Crippen molar-refractivity contribution in [2.45, 2.75) is 12.8 Å². The number of anilines is 1. The number of alkyl halides is 1. The summed E-state index contributed by atoms with van der Waals surface area (Å²) in [4.78, 5) is 12.2. The van der Waals surface area contributed by atoms with Gasteiger partial charge in [0.15, 0.2) is 0 Å². The largest absolute Gasteiger partial charge is 0.496 e. The molecule has 0 unspecified atom stereocenters. The minimum absolute atomic E-state index is 0.151. The Bertz CT molecular complexity index is 626. The van der Waals surface area contributed by atoms with Crippen molar-refractivity contribution in [3.63, 3.8) is 0 Å². The molecule has 20 heavy (non-hydrogen) atoms. The molecule has 0 radical (unpaired) electrons. The predicted molar refractivity (Wildman–Crippen MR) is 81.7 cm³/mol. The quantitative estimate of drug-likeness (QED) is 0.864. The highest BCUT2D eigenvalue weighted by Crippen LogP contribution is 2.22. The van der Waals surface area contributed by atoms with Crippen molar-refractivity contribution in [3.05, 3.63) is 59.2 Å². The van der Waals surface area contributed by atoms with Crippen LogP contribution in [0, 0.1) is 6.92 Å². The van der Waals surface area contributed by atoms with Gasteiger partial charge in [-0.25, -0.2) is 0 Å². The van der Waals surface area contributed by atoms with Gasteiger partial charge in [0.1, 0.15) is 5.75 Å². The molecule has 0 fully saturated rings. The van der Waals surface area contributed by atoms with Gasteiger partial charge in [0.25, 0.3) is 5.91 Å². The van der Waals surface area contributed by atoms with Gasteiger partial charge in [0.2, 0.25) is 0 Å². The van der Waals surface area contributed by atoms with E-state index in [1.807, 2.05) is 37.3 Å². The number of ether oxygens (including phenoxy) is 1. The van der Waals surface area contributed by atoms with Gasteiger partial charge < -0.3 is 10.1 Å². The van der Waals surface area contributed by atoms with Gasteiger partial charge in [-0.3, -0.25) is 4.79 Å². The molecule has 1 amide bonds. The Kier molecular flexibility index (Phi) is 4.64. The van der Waals surface area contributed by atoms with Crippen LogP contribution in [0.15, 0.2) is 42.5 Å². The maximum Gasteiger partial charge on any atom is 0.255 e. The highest BCUT2D eigenvalue weighted by Gasteiger charge is 2.08. The van der Waals surface area contributed by atoms with E-state index in [4.69, 9.17) is 16.3 Å². The first-order chi connectivity index (χ1) is 9.63. The molecule has 0 saturated carbocycles. The minimum Gasteiger partial charge on any atom is -0.496 e. The van der Waals surface area contributed by atoms with Gasteiger partial charge in [0, 0.05) is 17.1 Å². The van der Waals surface area contributed by atoms with E-state index >= 15 is 0 Å². The fourth-order valence-electron chi connectivity index (χ4n) is 1.96. The van der Waals surface area contributed by atoms with Crippen molar-refractivity contribution >= 4 is 23.2 Å². The Morgan fingerprint density at radius 1 is 1.25 bits per heavy atom. The summed E-state index contributed by atoms with van der Waals surface area (Å²) in [5.74, 6) is 1.04. The lowest BCUT2D eigenvalue weighted by atomic mass is 10.1. The average molecular weight is 290 g/mol. The van der Waals surface area contributed by atoms with Gasteiger partial charge in [0.05, 0.1) is 7.11 Å². The van der Waals surface area contributed by atoms with Crippen molar-refractivity contribution in [1.82, 2.24) is 0 Å². The lowest BCUT2D eigenvalue weighted by Crippen LogP contribution is -2.12. The summed E-state index contributed by atoms with van der Waals surface area (Å²) < 4.78 is 5.19. The molecule has 0 bridgehead atoms. The second-order valence-electron chi connectivity index (χ2n) is 4.47. The van der Waals surface area contributed by atoms with Crippen LogP contribution >= 0.6 is 11.6 Å². The zero-order valence-corrected chi connectivity index (χ0v) is 12.2. The first-order valence-corrected chi connectivity index (χ1v) is 6.78. The molecule has 104 valence electrons. The van der Waals surface area contributed by atoms with Crippen LogP contribution in [0.25, 0.3) is 0 Å².